The van der Waals surface area contributed by atoms with Crippen molar-refractivity contribution in [2.24, 2.45) is 0 Å². The summed E-state index contributed by atoms with van der Waals surface area (Å²) in [4.78, 5) is 0. The molecular weight excluding hydrogens is 157 g/mol. The van der Waals surface area contributed by atoms with Gasteiger partial charge in [-0.1, -0.05) is 0 Å². The van der Waals surface area contributed by atoms with Gasteiger partial charge < -0.3 is 0 Å². The zero-order chi connectivity index (χ0) is 5.66. The molecule has 1 fully saturated rings. The van der Waals surface area contributed by atoms with Crippen LogP contribution in [0.5, 0.6) is 0 Å². The van der Waals surface area contributed by atoms with Crippen molar-refractivity contribution >= 4 is 15.4 Å². The SMILES string of the molecule is C1CC[CH2][Ge][CH2]CC1. The Morgan fingerprint density at radius 1 is 0.625 bits per heavy atom. The van der Waals surface area contributed by atoms with Gasteiger partial charge in [0.15, 0.2) is 0 Å². The third-order valence-electron chi connectivity index (χ3n) is 1.71. The van der Waals surface area contributed by atoms with Crippen molar-refractivity contribution in [3.63, 3.8) is 0 Å². The van der Waals surface area contributed by atoms with Gasteiger partial charge in [-0.25, -0.2) is 0 Å². The molecule has 0 nitrogen and oxygen atoms in total. The summed E-state index contributed by atoms with van der Waals surface area (Å²) < 4.78 is 0. The fraction of sp³-hybridized carbons (Fsp3) is 1.00. The van der Waals surface area contributed by atoms with E-state index in [1.54, 1.807) is 23.3 Å². The van der Waals surface area contributed by atoms with Gasteiger partial charge in [0, 0.05) is 0 Å². The van der Waals surface area contributed by atoms with Crippen LogP contribution in [0.3, 0.4) is 0 Å². The summed E-state index contributed by atoms with van der Waals surface area (Å²) in [7, 11) is 0. The average Bonchev–Trinajstić information content (AvgIpc) is 1.62. The first-order valence-electron chi connectivity index (χ1n) is 3.71. The molecule has 0 bridgehead atoms. The van der Waals surface area contributed by atoms with Gasteiger partial charge in [-0.05, 0) is 0 Å². The van der Waals surface area contributed by atoms with Gasteiger partial charge in [0.25, 0.3) is 0 Å². The van der Waals surface area contributed by atoms with Crippen LogP contribution in [0.25, 0.3) is 0 Å². The molecule has 1 heteroatoms. The van der Waals surface area contributed by atoms with E-state index < -0.39 is 0 Å². The van der Waals surface area contributed by atoms with Crippen LogP contribution in [0.2, 0.25) is 10.5 Å². The summed E-state index contributed by atoms with van der Waals surface area (Å²) >= 11 is 0.556. The first kappa shape index (κ1) is 6.66. The molecule has 0 N–H and O–H groups in total. The summed E-state index contributed by atoms with van der Waals surface area (Å²) in [6.45, 7) is 0. The Bertz CT molecular complexity index is 28.3. The minimum absolute atomic E-state index is 0.556. The quantitative estimate of drug-likeness (QED) is 0.491. The Labute approximate surface area is 58.5 Å². The molecule has 0 aliphatic carbocycles. The van der Waals surface area contributed by atoms with E-state index >= 15 is 0 Å². The Morgan fingerprint density at radius 2 is 1.12 bits per heavy atom. The Kier molecular flexibility index (Phi) is 3.68. The topological polar surface area (TPSA) is 0 Å². The van der Waals surface area contributed by atoms with Gasteiger partial charge in [-0.15, -0.1) is 0 Å². The Balaban J connectivity index is 2.00. The van der Waals surface area contributed by atoms with E-state index in [2.05, 4.69) is 0 Å². The fourth-order valence-electron chi connectivity index (χ4n) is 1.16. The van der Waals surface area contributed by atoms with Crippen LogP contribution in [-0.2, 0) is 0 Å². The van der Waals surface area contributed by atoms with Crippen molar-refractivity contribution in [1.29, 1.82) is 0 Å². The molecule has 0 spiro atoms. The third kappa shape index (κ3) is 2.75. The van der Waals surface area contributed by atoms with E-state index in [-0.39, 0.29) is 0 Å². The number of hydrogen-bond acceptors (Lipinski definition) is 0. The van der Waals surface area contributed by atoms with Crippen molar-refractivity contribution in [2.75, 3.05) is 0 Å². The summed E-state index contributed by atoms with van der Waals surface area (Å²) in [5, 5.41) is 3.25. The second-order valence-corrected chi connectivity index (χ2v) is 5.66. The molecular formula is C7H14Ge. The first-order valence-corrected chi connectivity index (χ1v) is 6.67. The van der Waals surface area contributed by atoms with Crippen molar-refractivity contribution in [2.45, 2.75) is 42.6 Å². The van der Waals surface area contributed by atoms with Crippen LogP contribution in [0.4, 0.5) is 0 Å². The zero-order valence-corrected chi connectivity index (χ0v) is 7.55. The molecule has 46 valence electrons. The van der Waals surface area contributed by atoms with E-state index in [0.717, 1.165) is 0 Å². The summed E-state index contributed by atoms with van der Waals surface area (Å²) in [5.41, 5.74) is 0. The molecule has 0 atom stereocenters. The van der Waals surface area contributed by atoms with E-state index in [0.29, 0.717) is 15.4 Å². The van der Waals surface area contributed by atoms with Crippen LogP contribution in [0, 0.1) is 0 Å². The number of rotatable bonds is 0. The molecule has 0 saturated carbocycles. The van der Waals surface area contributed by atoms with Gasteiger partial charge in [-0.2, -0.15) is 0 Å². The molecule has 0 aromatic rings. The van der Waals surface area contributed by atoms with Crippen molar-refractivity contribution in [1.82, 2.24) is 0 Å². The Morgan fingerprint density at radius 3 is 1.75 bits per heavy atom. The van der Waals surface area contributed by atoms with Crippen LogP contribution >= 0.6 is 0 Å². The molecule has 1 aliphatic heterocycles. The third-order valence-corrected chi connectivity index (χ3v) is 4.67. The molecule has 0 amide bonds. The van der Waals surface area contributed by atoms with Gasteiger partial charge in [0.05, 0.1) is 0 Å². The molecule has 0 aromatic carbocycles. The molecule has 0 unspecified atom stereocenters. The Hall–Kier alpha value is 0.543. The minimum atomic E-state index is 0.556. The maximum atomic E-state index is 1.62. The van der Waals surface area contributed by atoms with Crippen LogP contribution in [-0.4, -0.2) is 15.4 Å². The molecule has 1 saturated heterocycles. The zero-order valence-electron chi connectivity index (χ0n) is 5.45. The van der Waals surface area contributed by atoms with Crippen LogP contribution < -0.4 is 0 Å². The summed E-state index contributed by atoms with van der Waals surface area (Å²) in [6.07, 6.45) is 7.69. The monoisotopic (exact) mass is 172 g/mol. The molecule has 0 aromatic heterocycles. The van der Waals surface area contributed by atoms with E-state index in [9.17, 15) is 0 Å². The maximum absolute atomic E-state index is 1.62. The van der Waals surface area contributed by atoms with Gasteiger partial charge >= 0.3 is 58.0 Å². The standard InChI is InChI=1S/C7H14Ge/c1-2-4-6-8-7-5-3-1/h1-7H2. The van der Waals surface area contributed by atoms with Gasteiger partial charge in [-0.3, -0.25) is 0 Å². The molecule has 1 rings (SSSR count). The first-order chi connectivity index (χ1) is 4.00. The fourth-order valence-corrected chi connectivity index (χ4v) is 3.78. The summed E-state index contributed by atoms with van der Waals surface area (Å²) in [5.74, 6) is 0. The predicted molar refractivity (Wildman–Crippen MR) is 38.5 cm³/mol. The second kappa shape index (κ2) is 4.42. The number of hydrogen-bond donors (Lipinski definition) is 0. The predicted octanol–water partition coefficient (Wildman–Crippen LogP) is 2.49. The van der Waals surface area contributed by atoms with Crippen LogP contribution in [0.1, 0.15) is 32.1 Å². The molecule has 1 heterocycles. The van der Waals surface area contributed by atoms with Gasteiger partial charge in [0.2, 0.25) is 0 Å². The van der Waals surface area contributed by atoms with Crippen molar-refractivity contribution in [3.8, 4) is 0 Å². The van der Waals surface area contributed by atoms with Gasteiger partial charge in [0.1, 0.15) is 0 Å². The van der Waals surface area contributed by atoms with Crippen molar-refractivity contribution in [3.05, 3.63) is 0 Å². The normalized spacial score (nSPS) is 24.0. The average molecular weight is 171 g/mol. The van der Waals surface area contributed by atoms with Crippen LogP contribution in [0.15, 0.2) is 0 Å². The van der Waals surface area contributed by atoms with Crippen molar-refractivity contribution < 1.29 is 0 Å². The van der Waals surface area contributed by atoms with E-state index in [1.807, 2.05) is 0 Å². The second-order valence-electron chi connectivity index (χ2n) is 2.52. The molecule has 2 radical (unpaired) electrons. The summed E-state index contributed by atoms with van der Waals surface area (Å²) in [6, 6.07) is 0. The molecule has 1 aliphatic rings. The molecule has 8 heavy (non-hydrogen) atoms. The van der Waals surface area contributed by atoms with E-state index in [4.69, 9.17) is 0 Å². The van der Waals surface area contributed by atoms with E-state index in [1.165, 1.54) is 19.3 Å².